The lowest BCUT2D eigenvalue weighted by atomic mass is 9.68. The quantitative estimate of drug-likeness (QED) is 0.567. The van der Waals surface area contributed by atoms with E-state index in [2.05, 4.69) is 55.6 Å². The molecule has 158 valence electrons. The van der Waals surface area contributed by atoms with Crippen LogP contribution in [0.2, 0.25) is 0 Å². The van der Waals surface area contributed by atoms with Crippen molar-refractivity contribution >= 4 is 22.2 Å². The van der Waals surface area contributed by atoms with E-state index in [1.807, 2.05) is 18.2 Å². The minimum absolute atomic E-state index is 0.0754. The molecule has 1 atom stereocenters. The van der Waals surface area contributed by atoms with Crippen molar-refractivity contribution in [3.05, 3.63) is 77.0 Å². The maximum Gasteiger partial charge on any atom is 0.162 e. The van der Waals surface area contributed by atoms with Crippen LogP contribution in [0, 0.1) is 5.41 Å². The molecule has 4 heteroatoms. The second-order valence-corrected chi connectivity index (χ2v) is 9.25. The Bertz CT molecular complexity index is 1240. The maximum absolute atomic E-state index is 13.5. The van der Waals surface area contributed by atoms with Crippen molar-refractivity contribution < 1.29 is 14.3 Å². The second-order valence-electron chi connectivity index (χ2n) is 9.25. The molecule has 0 bridgehead atoms. The van der Waals surface area contributed by atoms with E-state index in [1.54, 1.807) is 14.2 Å². The molecule has 0 saturated heterocycles. The summed E-state index contributed by atoms with van der Waals surface area (Å²) in [6.07, 6.45) is 1.37. The number of hydrogen-bond donors (Lipinski definition) is 1. The van der Waals surface area contributed by atoms with Gasteiger partial charge in [0.05, 0.1) is 19.9 Å². The minimum atomic E-state index is -0.204. The monoisotopic (exact) mass is 413 g/mol. The lowest BCUT2D eigenvalue weighted by molar-refractivity contribution is -0.118. The number of carbonyl (C=O) groups is 1. The molecule has 0 aromatic heterocycles. The molecule has 1 aliphatic heterocycles. The van der Waals surface area contributed by atoms with Gasteiger partial charge < -0.3 is 14.8 Å². The SMILES string of the molecule is COc1ccc(OC)c(C2C3=C(CC(C)(C)CC3=O)Nc3c2ccc2ccccc32)c1. The molecule has 3 aromatic rings. The van der Waals surface area contributed by atoms with Gasteiger partial charge in [0.1, 0.15) is 11.5 Å². The highest BCUT2D eigenvalue weighted by Gasteiger charge is 2.41. The highest BCUT2D eigenvalue weighted by Crippen LogP contribution is 2.52. The van der Waals surface area contributed by atoms with Gasteiger partial charge in [0.15, 0.2) is 5.78 Å². The number of ether oxygens (including phenoxy) is 2. The summed E-state index contributed by atoms with van der Waals surface area (Å²) in [5.41, 5.74) is 4.94. The van der Waals surface area contributed by atoms with Gasteiger partial charge in [-0.1, -0.05) is 50.2 Å². The zero-order valence-corrected chi connectivity index (χ0v) is 18.4. The number of carbonyl (C=O) groups excluding carboxylic acids is 1. The van der Waals surface area contributed by atoms with E-state index in [9.17, 15) is 4.79 Å². The van der Waals surface area contributed by atoms with E-state index in [1.165, 1.54) is 5.39 Å². The van der Waals surface area contributed by atoms with Gasteiger partial charge in [0.2, 0.25) is 0 Å². The standard InChI is InChI=1S/C27H27NO3/c1-27(2)14-21-25(22(29)15-27)24(20-13-17(30-3)10-12-23(20)31-4)19-11-9-16-7-5-6-8-18(16)26(19)28-21/h5-13,24,28H,14-15H2,1-4H3. The third kappa shape index (κ3) is 3.18. The summed E-state index contributed by atoms with van der Waals surface area (Å²) in [5.74, 6) is 1.51. The van der Waals surface area contributed by atoms with Crippen LogP contribution in [0.4, 0.5) is 5.69 Å². The van der Waals surface area contributed by atoms with Crippen molar-refractivity contribution in [2.75, 3.05) is 19.5 Å². The number of Topliss-reactive ketones (excluding diaryl/α,β-unsaturated/α-hetero) is 1. The second kappa shape index (κ2) is 7.16. The van der Waals surface area contributed by atoms with E-state index in [-0.39, 0.29) is 17.1 Å². The molecule has 5 rings (SSSR count). The Kier molecular flexibility index (Phi) is 4.54. The summed E-state index contributed by atoms with van der Waals surface area (Å²) >= 11 is 0. The predicted octanol–water partition coefficient (Wildman–Crippen LogP) is 6.06. The smallest absolute Gasteiger partial charge is 0.162 e. The molecule has 2 aliphatic rings. The topological polar surface area (TPSA) is 47.6 Å². The number of nitrogens with one attached hydrogen (secondary N) is 1. The fourth-order valence-electron chi connectivity index (χ4n) is 5.14. The zero-order valence-electron chi connectivity index (χ0n) is 18.4. The number of fused-ring (bicyclic) bond motifs is 3. The average Bonchev–Trinajstić information content (AvgIpc) is 2.76. The van der Waals surface area contributed by atoms with Crippen LogP contribution in [-0.2, 0) is 4.79 Å². The van der Waals surface area contributed by atoms with E-state index in [0.717, 1.165) is 51.4 Å². The minimum Gasteiger partial charge on any atom is -0.497 e. The molecule has 0 saturated carbocycles. The van der Waals surface area contributed by atoms with E-state index in [4.69, 9.17) is 9.47 Å². The predicted molar refractivity (Wildman–Crippen MR) is 124 cm³/mol. The first-order valence-electron chi connectivity index (χ1n) is 10.7. The van der Waals surface area contributed by atoms with Crippen molar-refractivity contribution in [3.63, 3.8) is 0 Å². The summed E-state index contributed by atoms with van der Waals surface area (Å²) in [5, 5.41) is 6.02. The van der Waals surface area contributed by atoms with Gasteiger partial charge >= 0.3 is 0 Å². The van der Waals surface area contributed by atoms with E-state index >= 15 is 0 Å². The van der Waals surface area contributed by atoms with Crippen LogP contribution in [0.3, 0.4) is 0 Å². The van der Waals surface area contributed by atoms with Gasteiger partial charge in [0, 0.05) is 34.6 Å². The number of rotatable bonds is 3. The van der Waals surface area contributed by atoms with Crippen molar-refractivity contribution in [3.8, 4) is 11.5 Å². The summed E-state index contributed by atoms with van der Waals surface area (Å²) < 4.78 is 11.3. The molecule has 0 amide bonds. The lowest BCUT2D eigenvalue weighted by Gasteiger charge is -2.40. The molecular weight excluding hydrogens is 386 g/mol. The molecular formula is C27H27NO3. The molecule has 0 radical (unpaired) electrons. The number of allylic oxidation sites excluding steroid dienone is 2. The third-order valence-corrected chi connectivity index (χ3v) is 6.50. The Morgan fingerprint density at radius 2 is 1.74 bits per heavy atom. The number of benzene rings is 3. The molecule has 0 spiro atoms. The van der Waals surface area contributed by atoms with Crippen LogP contribution < -0.4 is 14.8 Å². The maximum atomic E-state index is 13.5. The van der Waals surface area contributed by atoms with Crippen LogP contribution >= 0.6 is 0 Å². The van der Waals surface area contributed by atoms with Crippen LogP contribution in [0.5, 0.6) is 11.5 Å². The van der Waals surface area contributed by atoms with Crippen molar-refractivity contribution in [2.45, 2.75) is 32.6 Å². The van der Waals surface area contributed by atoms with Gasteiger partial charge in [-0.25, -0.2) is 0 Å². The van der Waals surface area contributed by atoms with Crippen LogP contribution in [0.1, 0.15) is 43.7 Å². The van der Waals surface area contributed by atoms with Crippen LogP contribution in [-0.4, -0.2) is 20.0 Å². The summed E-state index contributed by atoms with van der Waals surface area (Å²) in [6.45, 7) is 4.33. The molecule has 1 heterocycles. The number of hydrogen-bond acceptors (Lipinski definition) is 4. The van der Waals surface area contributed by atoms with Crippen LogP contribution in [0.25, 0.3) is 10.8 Å². The average molecular weight is 414 g/mol. The molecule has 4 nitrogen and oxygen atoms in total. The largest absolute Gasteiger partial charge is 0.497 e. The van der Waals surface area contributed by atoms with E-state index in [0.29, 0.717) is 6.42 Å². The van der Waals surface area contributed by atoms with Gasteiger partial charge in [-0.15, -0.1) is 0 Å². The Morgan fingerprint density at radius 1 is 0.935 bits per heavy atom. The summed E-state index contributed by atoms with van der Waals surface area (Å²) in [4.78, 5) is 13.5. The fourth-order valence-corrected chi connectivity index (χ4v) is 5.14. The normalized spacial score (nSPS) is 19.5. The molecule has 3 aromatic carbocycles. The van der Waals surface area contributed by atoms with Gasteiger partial charge in [-0.3, -0.25) is 4.79 Å². The first-order valence-corrected chi connectivity index (χ1v) is 10.7. The molecule has 1 unspecified atom stereocenters. The zero-order chi connectivity index (χ0) is 21.8. The Hall–Kier alpha value is -3.27. The van der Waals surface area contributed by atoms with Gasteiger partial charge in [0.25, 0.3) is 0 Å². The van der Waals surface area contributed by atoms with E-state index < -0.39 is 0 Å². The first kappa shape index (κ1) is 19.7. The van der Waals surface area contributed by atoms with Crippen molar-refractivity contribution in [2.24, 2.45) is 5.41 Å². The summed E-state index contributed by atoms with van der Waals surface area (Å²) in [7, 11) is 3.34. The number of methoxy groups -OCH3 is 2. The third-order valence-electron chi connectivity index (χ3n) is 6.50. The Balaban J connectivity index is 1.82. The molecule has 0 fully saturated rings. The van der Waals surface area contributed by atoms with Gasteiger partial charge in [-0.05, 0) is 41.0 Å². The van der Waals surface area contributed by atoms with Gasteiger partial charge in [-0.2, -0.15) is 0 Å². The highest BCUT2D eigenvalue weighted by atomic mass is 16.5. The Morgan fingerprint density at radius 3 is 2.52 bits per heavy atom. The number of anilines is 1. The molecule has 1 aliphatic carbocycles. The van der Waals surface area contributed by atoms with Crippen LogP contribution in [0.15, 0.2) is 65.9 Å². The lowest BCUT2D eigenvalue weighted by Crippen LogP contribution is -2.34. The molecule has 31 heavy (non-hydrogen) atoms. The molecule has 1 N–H and O–H groups in total. The summed E-state index contributed by atoms with van der Waals surface area (Å²) in [6, 6.07) is 18.5. The highest BCUT2D eigenvalue weighted by molar-refractivity contribution is 6.05. The van der Waals surface area contributed by atoms with Crippen molar-refractivity contribution in [1.29, 1.82) is 0 Å². The van der Waals surface area contributed by atoms with Crippen molar-refractivity contribution in [1.82, 2.24) is 0 Å². The fraction of sp³-hybridized carbons (Fsp3) is 0.296. The Labute approximate surface area is 182 Å². The number of ketones is 1. The first-order chi connectivity index (χ1) is 14.9.